The van der Waals surface area contributed by atoms with Gasteiger partial charge in [0.2, 0.25) is 0 Å². The lowest BCUT2D eigenvalue weighted by molar-refractivity contribution is -0.131. The SMILES string of the molecule is CCOC(CC)C(=O)CC(CC)CC. The normalized spacial score (nSPS) is 13.2. The van der Waals surface area contributed by atoms with Crippen molar-refractivity contribution >= 4 is 5.78 Å². The Hall–Kier alpha value is -0.370. The summed E-state index contributed by atoms with van der Waals surface area (Å²) in [5.74, 6) is 0.819. The van der Waals surface area contributed by atoms with Crippen molar-refractivity contribution in [1.82, 2.24) is 0 Å². The summed E-state index contributed by atoms with van der Waals surface area (Å²) in [5.41, 5.74) is 0. The molecule has 0 bridgehead atoms. The minimum atomic E-state index is -0.166. The zero-order chi connectivity index (χ0) is 11.0. The number of hydrogen-bond donors (Lipinski definition) is 0. The fourth-order valence-corrected chi connectivity index (χ4v) is 1.63. The molecule has 0 aliphatic carbocycles. The van der Waals surface area contributed by atoms with Gasteiger partial charge in [-0.1, -0.05) is 33.6 Å². The maximum Gasteiger partial charge on any atom is 0.161 e. The van der Waals surface area contributed by atoms with Crippen LogP contribution in [0.15, 0.2) is 0 Å². The number of carbonyl (C=O) groups excluding carboxylic acids is 1. The maximum atomic E-state index is 11.8. The van der Waals surface area contributed by atoms with Gasteiger partial charge in [0.1, 0.15) is 6.10 Å². The third-order valence-corrected chi connectivity index (χ3v) is 2.74. The predicted molar refractivity (Wildman–Crippen MR) is 59.4 cm³/mol. The Kier molecular flexibility index (Phi) is 7.77. The number of rotatable bonds is 8. The third kappa shape index (κ3) is 4.75. The highest BCUT2D eigenvalue weighted by Crippen LogP contribution is 2.15. The first-order valence-corrected chi connectivity index (χ1v) is 5.83. The van der Waals surface area contributed by atoms with Gasteiger partial charge in [0.05, 0.1) is 0 Å². The summed E-state index contributed by atoms with van der Waals surface area (Å²) >= 11 is 0. The molecule has 0 rings (SSSR count). The van der Waals surface area contributed by atoms with E-state index < -0.39 is 0 Å². The zero-order valence-corrected chi connectivity index (χ0v) is 10.0. The molecule has 0 aliphatic heterocycles. The first-order valence-electron chi connectivity index (χ1n) is 5.83. The summed E-state index contributed by atoms with van der Waals surface area (Å²) in [4.78, 5) is 11.8. The van der Waals surface area contributed by atoms with Crippen LogP contribution in [0.4, 0.5) is 0 Å². The van der Waals surface area contributed by atoms with Crippen LogP contribution in [0.25, 0.3) is 0 Å². The predicted octanol–water partition coefficient (Wildman–Crippen LogP) is 3.20. The number of ether oxygens (including phenoxy) is 1. The van der Waals surface area contributed by atoms with E-state index in [0.717, 1.165) is 19.3 Å². The summed E-state index contributed by atoms with van der Waals surface area (Å²) in [6.07, 6.45) is 3.49. The van der Waals surface area contributed by atoms with E-state index in [9.17, 15) is 4.79 Å². The average molecular weight is 200 g/mol. The molecule has 1 atom stereocenters. The van der Waals surface area contributed by atoms with Crippen LogP contribution >= 0.6 is 0 Å². The summed E-state index contributed by atoms with van der Waals surface area (Å²) in [7, 11) is 0. The van der Waals surface area contributed by atoms with Gasteiger partial charge in [-0.05, 0) is 19.3 Å². The quantitative estimate of drug-likeness (QED) is 0.601. The minimum absolute atomic E-state index is 0.166. The van der Waals surface area contributed by atoms with E-state index in [-0.39, 0.29) is 11.9 Å². The second kappa shape index (κ2) is 7.98. The van der Waals surface area contributed by atoms with Gasteiger partial charge in [0.25, 0.3) is 0 Å². The number of carbonyl (C=O) groups is 1. The summed E-state index contributed by atoms with van der Waals surface area (Å²) in [6.45, 7) is 8.86. The Morgan fingerprint density at radius 2 is 1.64 bits per heavy atom. The zero-order valence-electron chi connectivity index (χ0n) is 10.0. The Balaban J connectivity index is 4.01. The largest absolute Gasteiger partial charge is 0.371 e. The van der Waals surface area contributed by atoms with E-state index in [0.29, 0.717) is 18.9 Å². The maximum absolute atomic E-state index is 11.8. The lowest BCUT2D eigenvalue weighted by Crippen LogP contribution is -2.25. The molecule has 0 aromatic carbocycles. The molecule has 0 radical (unpaired) electrons. The molecule has 0 N–H and O–H groups in total. The Bertz CT molecular complexity index is 150. The summed E-state index contributed by atoms with van der Waals surface area (Å²) in [6, 6.07) is 0. The Morgan fingerprint density at radius 1 is 1.07 bits per heavy atom. The molecule has 84 valence electrons. The van der Waals surface area contributed by atoms with Gasteiger partial charge in [-0.15, -0.1) is 0 Å². The molecule has 14 heavy (non-hydrogen) atoms. The lowest BCUT2D eigenvalue weighted by Gasteiger charge is -2.17. The van der Waals surface area contributed by atoms with E-state index >= 15 is 0 Å². The lowest BCUT2D eigenvalue weighted by atomic mass is 9.94. The van der Waals surface area contributed by atoms with Crippen LogP contribution in [0.1, 0.15) is 53.4 Å². The molecule has 0 aliphatic rings. The highest BCUT2D eigenvalue weighted by molar-refractivity contribution is 5.83. The van der Waals surface area contributed by atoms with Gasteiger partial charge in [-0.25, -0.2) is 0 Å². The minimum Gasteiger partial charge on any atom is -0.371 e. The van der Waals surface area contributed by atoms with Crippen LogP contribution in [0.5, 0.6) is 0 Å². The summed E-state index contributed by atoms with van der Waals surface area (Å²) in [5, 5.41) is 0. The van der Waals surface area contributed by atoms with Crippen LogP contribution in [-0.2, 0) is 9.53 Å². The molecule has 0 heterocycles. The molecule has 2 nitrogen and oxygen atoms in total. The molecule has 0 aromatic heterocycles. The van der Waals surface area contributed by atoms with E-state index in [4.69, 9.17) is 4.74 Å². The smallest absolute Gasteiger partial charge is 0.161 e. The highest BCUT2D eigenvalue weighted by Gasteiger charge is 2.19. The first kappa shape index (κ1) is 13.6. The van der Waals surface area contributed by atoms with Crippen LogP contribution in [-0.4, -0.2) is 18.5 Å². The molecule has 0 fully saturated rings. The molecule has 0 saturated heterocycles. The topological polar surface area (TPSA) is 26.3 Å². The van der Waals surface area contributed by atoms with Crippen molar-refractivity contribution < 1.29 is 9.53 Å². The average Bonchev–Trinajstić information content (AvgIpc) is 2.22. The molecule has 0 spiro atoms. The van der Waals surface area contributed by atoms with Gasteiger partial charge in [-0.3, -0.25) is 4.79 Å². The van der Waals surface area contributed by atoms with Crippen molar-refractivity contribution in [2.24, 2.45) is 5.92 Å². The van der Waals surface area contributed by atoms with Crippen molar-refractivity contribution in [3.05, 3.63) is 0 Å². The van der Waals surface area contributed by atoms with Crippen molar-refractivity contribution in [3.63, 3.8) is 0 Å². The second-order valence-electron chi connectivity index (χ2n) is 3.71. The van der Waals surface area contributed by atoms with Gasteiger partial charge >= 0.3 is 0 Å². The molecule has 0 aromatic rings. The van der Waals surface area contributed by atoms with Crippen molar-refractivity contribution in [1.29, 1.82) is 0 Å². The van der Waals surface area contributed by atoms with E-state index in [1.807, 2.05) is 13.8 Å². The van der Waals surface area contributed by atoms with Gasteiger partial charge in [0.15, 0.2) is 5.78 Å². The third-order valence-electron chi connectivity index (χ3n) is 2.74. The van der Waals surface area contributed by atoms with Crippen LogP contribution in [0, 0.1) is 5.92 Å². The van der Waals surface area contributed by atoms with Crippen LogP contribution in [0.3, 0.4) is 0 Å². The van der Waals surface area contributed by atoms with Crippen LogP contribution in [0.2, 0.25) is 0 Å². The summed E-state index contributed by atoms with van der Waals surface area (Å²) < 4.78 is 5.39. The Labute approximate surface area is 88.0 Å². The standard InChI is InChI=1S/C12H24O2/c1-5-10(6-2)9-11(13)12(7-3)14-8-4/h10,12H,5-9H2,1-4H3. The Morgan fingerprint density at radius 3 is 2.00 bits per heavy atom. The molecular weight excluding hydrogens is 176 g/mol. The fourth-order valence-electron chi connectivity index (χ4n) is 1.63. The highest BCUT2D eigenvalue weighted by atomic mass is 16.5. The van der Waals surface area contributed by atoms with Gasteiger partial charge in [0, 0.05) is 13.0 Å². The number of ketones is 1. The van der Waals surface area contributed by atoms with Crippen LogP contribution < -0.4 is 0 Å². The molecular formula is C12H24O2. The van der Waals surface area contributed by atoms with Gasteiger partial charge < -0.3 is 4.74 Å². The second-order valence-corrected chi connectivity index (χ2v) is 3.71. The van der Waals surface area contributed by atoms with E-state index in [2.05, 4.69) is 13.8 Å². The monoisotopic (exact) mass is 200 g/mol. The number of Topliss-reactive ketones (excluding diaryl/α,β-unsaturated/α-hetero) is 1. The van der Waals surface area contributed by atoms with Crippen molar-refractivity contribution in [2.45, 2.75) is 59.5 Å². The molecule has 2 heteroatoms. The van der Waals surface area contributed by atoms with Crippen molar-refractivity contribution in [3.8, 4) is 0 Å². The number of hydrogen-bond acceptors (Lipinski definition) is 2. The van der Waals surface area contributed by atoms with Gasteiger partial charge in [-0.2, -0.15) is 0 Å². The van der Waals surface area contributed by atoms with E-state index in [1.165, 1.54) is 0 Å². The van der Waals surface area contributed by atoms with E-state index in [1.54, 1.807) is 0 Å². The fraction of sp³-hybridized carbons (Fsp3) is 0.917. The molecule has 0 saturated carbocycles. The molecule has 0 amide bonds. The van der Waals surface area contributed by atoms with Crippen molar-refractivity contribution in [2.75, 3.05) is 6.61 Å². The molecule has 1 unspecified atom stereocenters. The first-order chi connectivity index (χ1) is 6.69.